The molecule has 0 radical (unpaired) electrons. The number of halogens is 1. The van der Waals surface area contributed by atoms with Crippen LogP contribution in [-0.4, -0.2) is 5.11 Å². The molecule has 1 nitrogen and oxygen atoms in total. The van der Waals surface area contributed by atoms with E-state index >= 15 is 0 Å². The first-order valence-corrected chi connectivity index (χ1v) is 3.52. The maximum Gasteiger partial charge on any atom is 0.153 e. The maximum atomic E-state index is 8.88. The second-order valence-corrected chi connectivity index (χ2v) is 2.66. The molecule has 0 bridgehead atoms. The van der Waals surface area contributed by atoms with E-state index in [1.165, 1.54) is 5.56 Å². The van der Waals surface area contributed by atoms with Gasteiger partial charge in [0.25, 0.3) is 0 Å². The van der Waals surface area contributed by atoms with Gasteiger partial charge in [0.1, 0.15) is 0 Å². The minimum absolute atomic E-state index is 0.743. The Balaban J connectivity index is 2.89. The second kappa shape index (κ2) is 3.04. The molecule has 0 saturated carbocycles. The van der Waals surface area contributed by atoms with E-state index in [2.05, 4.69) is 0 Å². The van der Waals surface area contributed by atoms with Gasteiger partial charge in [-0.1, -0.05) is 41.4 Å². The lowest BCUT2D eigenvalue weighted by Gasteiger charge is -2.00. The van der Waals surface area contributed by atoms with Crippen LogP contribution in [0.25, 0.3) is 0 Å². The van der Waals surface area contributed by atoms with Crippen LogP contribution >= 0.6 is 11.6 Å². The minimum Gasteiger partial charge on any atom is -0.373 e. The molecule has 0 aliphatic rings. The molecule has 1 aromatic rings. The lowest BCUT2D eigenvalue weighted by molar-refractivity contribution is 0.263. The van der Waals surface area contributed by atoms with Gasteiger partial charge in [-0.15, -0.1) is 0 Å². The Morgan fingerprint density at radius 2 is 1.80 bits per heavy atom. The van der Waals surface area contributed by atoms with E-state index in [-0.39, 0.29) is 0 Å². The van der Waals surface area contributed by atoms with Crippen molar-refractivity contribution in [2.24, 2.45) is 0 Å². The number of rotatable bonds is 1. The zero-order chi connectivity index (χ0) is 7.56. The first kappa shape index (κ1) is 7.58. The summed E-state index contributed by atoms with van der Waals surface area (Å²) in [5.74, 6) is 0. The molecule has 0 aliphatic heterocycles. The van der Waals surface area contributed by atoms with Crippen molar-refractivity contribution >= 4 is 11.6 Å². The third kappa shape index (κ3) is 1.72. The fourth-order valence-electron chi connectivity index (χ4n) is 0.725. The Hall–Kier alpha value is -0.530. The van der Waals surface area contributed by atoms with Crippen molar-refractivity contribution in [3.63, 3.8) is 0 Å². The molecule has 1 rings (SSSR count). The van der Waals surface area contributed by atoms with Crippen LogP contribution in [0.3, 0.4) is 0 Å². The second-order valence-electron chi connectivity index (χ2n) is 2.25. The quantitative estimate of drug-likeness (QED) is 0.619. The molecular formula is C8H9ClO. The van der Waals surface area contributed by atoms with Crippen molar-refractivity contribution in [3.8, 4) is 0 Å². The van der Waals surface area contributed by atoms with Gasteiger partial charge in [-0.3, -0.25) is 0 Å². The van der Waals surface area contributed by atoms with Crippen LogP contribution in [0.15, 0.2) is 24.3 Å². The largest absolute Gasteiger partial charge is 0.373 e. The van der Waals surface area contributed by atoms with Crippen LogP contribution in [0.2, 0.25) is 0 Å². The first-order chi connectivity index (χ1) is 4.70. The predicted molar refractivity (Wildman–Crippen MR) is 42.0 cm³/mol. The zero-order valence-corrected chi connectivity index (χ0v) is 6.47. The van der Waals surface area contributed by atoms with Crippen LogP contribution in [0.4, 0.5) is 0 Å². The molecule has 1 atom stereocenters. The lowest BCUT2D eigenvalue weighted by atomic mass is 10.2. The highest BCUT2D eigenvalue weighted by Gasteiger charge is 1.99. The summed E-state index contributed by atoms with van der Waals surface area (Å²) in [4.78, 5) is 0. The highest BCUT2D eigenvalue weighted by Crippen LogP contribution is 2.16. The molecule has 0 unspecified atom stereocenters. The third-order valence-electron chi connectivity index (χ3n) is 1.35. The van der Waals surface area contributed by atoms with E-state index in [0.717, 1.165) is 5.56 Å². The van der Waals surface area contributed by atoms with E-state index in [0.29, 0.717) is 0 Å². The Kier molecular flexibility index (Phi) is 2.30. The third-order valence-corrected chi connectivity index (χ3v) is 1.60. The van der Waals surface area contributed by atoms with Gasteiger partial charge in [-0.2, -0.15) is 0 Å². The van der Waals surface area contributed by atoms with E-state index < -0.39 is 5.56 Å². The number of aliphatic hydroxyl groups excluding tert-OH is 1. The van der Waals surface area contributed by atoms with Crippen LogP contribution in [0, 0.1) is 6.92 Å². The van der Waals surface area contributed by atoms with Crippen molar-refractivity contribution in [1.82, 2.24) is 0 Å². The molecule has 1 N–H and O–H groups in total. The molecule has 0 spiro atoms. The van der Waals surface area contributed by atoms with Crippen molar-refractivity contribution in [2.75, 3.05) is 0 Å². The average molecular weight is 157 g/mol. The number of hydrogen-bond acceptors (Lipinski definition) is 1. The van der Waals surface area contributed by atoms with E-state index in [9.17, 15) is 0 Å². The van der Waals surface area contributed by atoms with E-state index in [4.69, 9.17) is 16.7 Å². The van der Waals surface area contributed by atoms with Gasteiger partial charge in [-0.25, -0.2) is 0 Å². The fourth-order valence-corrected chi connectivity index (χ4v) is 0.871. The summed E-state index contributed by atoms with van der Waals surface area (Å²) in [5.41, 5.74) is 1.04. The number of alkyl halides is 1. The summed E-state index contributed by atoms with van der Waals surface area (Å²) in [7, 11) is 0. The standard InChI is InChI=1S/C8H9ClO/c1-6-2-4-7(5-3-6)8(9)10/h2-5,8,10H,1H3/t8-/m0/s1. The SMILES string of the molecule is Cc1ccc([C@H](O)Cl)cc1. The molecule has 1 aromatic carbocycles. The Morgan fingerprint density at radius 3 is 2.20 bits per heavy atom. The first-order valence-electron chi connectivity index (χ1n) is 3.09. The van der Waals surface area contributed by atoms with Gasteiger partial charge in [0, 0.05) is 0 Å². The molecule has 54 valence electrons. The molecule has 2 heteroatoms. The number of aliphatic hydroxyl groups is 1. The molecule has 0 saturated heterocycles. The summed E-state index contributed by atoms with van der Waals surface area (Å²) >= 11 is 5.41. The van der Waals surface area contributed by atoms with Crippen molar-refractivity contribution in [3.05, 3.63) is 35.4 Å². The molecule has 10 heavy (non-hydrogen) atoms. The highest BCUT2D eigenvalue weighted by molar-refractivity contribution is 6.19. The summed E-state index contributed by atoms with van der Waals surface area (Å²) < 4.78 is 0. The van der Waals surface area contributed by atoms with Crippen LogP contribution in [0.5, 0.6) is 0 Å². The molecular weight excluding hydrogens is 148 g/mol. The van der Waals surface area contributed by atoms with Gasteiger partial charge in [0.2, 0.25) is 0 Å². The Labute approximate surface area is 65.3 Å². The predicted octanol–water partition coefficient (Wildman–Crippen LogP) is 2.22. The normalized spacial score (nSPS) is 13.1. The maximum absolute atomic E-state index is 8.88. The van der Waals surface area contributed by atoms with Gasteiger partial charge in [0.05, 0.1) is 0 Å². The van der Waals surface area contributed by atoms with Gasteiger partial charge < -0.3 is 5.11 Å². The molecule has 0 aromatic heterocycles. The number of benzene rings is 1. The monoisotopic (exact) mass is 156 g/mol. The van der Waals surface area contributed by atoms with Gasteiger partial charge in [0.15, 0.2) is 5.56 Å². The summed E-state index contributed by atoms with van der Waals surface area (Å²) in [5, 5.41) is 8.88. The van der Waals surface area contributed by atoms with E-state index in [1.54, 1.807) is 0 Å². The molecule has 0 amide bonds. The highest BCUT2D eigenvalue weighted by atomic mass is 35.5. The topological polar surface area (TPSA) is 20.2 Å². The summed E-state index contributed by atoms with van der Waals surface area (Å²) in [6.45, 7) is 1.99. The van der Waals surface area contributed by atoms with Gasteiger partial charge in [-0.05, 0) is 12.5 Å². The molecule has 0 heterocycles. The lowest BCUT2D eigenvalue weighted by Crippen LogP contribution is -1.86. The van der Waals surface area contributed by atoms with Gasteiger partial charge >= 0.3 is 0 Å². The zero-order valence-electron chi connectivity index (χ0n) is 5.71. The molecule has 0 aliphatic carbocycles. The fraction of sp³-hybridized carbons (Fsp3) is 0.250. The molecule has 0 fully saturated rings. The minimum atomic E-state index is -0.874. The van der Waals surface area contributed by atoms with Crippen LogP contribution < -0.4 is 0 Å². The smallest absolute Gasteiger partial charge is 0.153 e. The van der Waals surface area contributed by atoms with Crippen molar-refractivity contribution in [2.45, 2.75) is 12.5 Å². The summed E-state index contributed by atoms with van der Waals surface area (Å²) in [6.07, 6.45) is 0. The van der Waals surface area contributed by atoms with Crippen LogP contribution in [0.1, 0.15) is 16.7 Å². The number of aryl methyl sites for hydroxylation is 1. The number of hydrogen-bond donors (Lipinski definition) is 1. The van der Waals surface area contributed by atoms with Crippen LogP contribution in [-0.2, 0) is 0 Å². The van der Waals surface area contributed by atoms with Crippen molar-refractivity contribution < 1.29 is 5.11 Å². The van der Waals surface area contributed by atoms with E-state index in [1.807, 2.05) is 31.2 Å². The Morgan fingerprint density at radius 1 is 1.30 bits per heavy atom. The Bertz CT molecular complexity index is 203. The average Bonchev–Trinajstić information content (AvgIpc) is 1.88. The summed E-state index contributed by atoms with van der Waals surface area (Å²) in [6, 6.07) is 7.46. The van der Waals surface area contributed by atoms with Crippen molar-refractivity contribution in [1.29, 1.82) is 0 Å².